The van der Waals surface area contributed by atoms with Crippen LogP contribution in [0, 0.1) is 0 Å². The number of nitrogens with one attached hydrogen (secondary N) is 1. The van der Waals surface area contributed by atoms with Crippen LogP contribution in [0.15, 0.2) is 36.0 Å². The molecule has 1 N–H and O–H groups in total. The van der Waals surface area contributed by atoms with Crippen LogP contribution >= 0.6 is 0 Å². The monoisotopic (exact) mass is 189 g/mol. The number of hydrogen-bond acceptors (Lipinski definition) is 1. The van der Waals surface area contributed by atoms with Crippen LogP contribution in [0.4, 0.5) is 5.69 Å². The Balaban J connectivity index is 2.71. The van der Waals surface area contributed by atoms with Gasteiger partial charge in [0.1, 0.15) is 0 Å². The van der Waals surface area contributed by atoms with Gasteiger partial charge in [0, 0.05) is 11.4 Å². The summed E-state index contributed by atoms with van der Waals surface area (Å²) >= 11 is 0. The lowest BCUT2D eigenvalue weighted by Gasteiger charge is -2.07. The molecular weight excluding hydrogens is 170 g/mol. The van der Waals surface area contributed by atoms with Crippen LogP contribution < -0.4 is 5.32 Å². The molecule has 1 nitrogen and oxygen atoms in total. The second-order valence-corrected chi connectivity index (χ2v) is 3.47. The summed E-state index contributed by atoms with van der Waals surface area (Å²) < 4.78 is 0. The molecule has 0 saturated heterocycles. The topological polar surface area (TPSA) is 12.0 Å². The Morgan fingerprint density at radius 3 is 2.79 bits per heavy atom. The highest BCUT2D eigenvalue weighted by Gasteiger charge is 1.93. The Morgan fingerprint density at radius 1 is 1.36 bits per heavy atom. The second-order valence-electron chi connectivity index (χ2n) is 3.47. The first-order valence-electron chi connectivity index (χ1n) is 5.29. The first-order chi connectivity index (χ1) is 6.76. The van der Waals surface area contributed by atoms with Gasteiger partial charge in [-0.3, -0.25) is 0 Å². The minimum atomic E-state index is 1.08. The van der Waals surface area contributed by atoms with Crippen molar-refractivity contribution in [2.45, 2.75) is 33.6 Å². The molecule has 1 aromatic carbocycles. The average molecular weight is 189 g/mol. The van der Waals surface area contributed by atoms with Crippen LogP contribution in [0.2, 0.25) is 0 Å². The van der Waals surface area contributed by atoms with E-state index >= 15 is 0 Å². The van der Waals surface area contributed by atoms with Gasteiger partial charge >= 0.3 is 0 Å². The molecule has 1 aromatic rings. The van der Waals surface area contributed by atoms with Crippen LogP contribution in [-0.4, -0.2) is 0 Å². The first kappa shape index (κ1) is 10.8. The molecule has 0 radical (unpaired) electrons. The molecule has 76 valence electrons. The quantitative estimate of drug-likeness (QED) is 0.755. The standard InChI is InChI=1S/C13H19N/c1-4-7-11(3)14-13-9-6-8-12(5-2)10-13/h6-10,14H,4-5H2,1-3H3. The van der Waals surface area contributed by atoms with Crippen molar-refractivity contribution in [1.82, 2.24) is 0 Å². The van der Waals surface area contributed by atoms with E-state index in [1.54, 1.807) is 0 Å². The van der Waals surface area contributed by atoms with Crippen molar-refractivity contribution in [1.29, 1.82) is 0 Å². The zero-order chi connectivity index (χ0) is 10.4. The second kappa shape index (κ2) is 5.48. The maximum absolute atomic E-state index is 3.38. The highest BCUT2D eigenvalue weighted by molar-refractivity contribution is 5.49. The maximum Gasteiger partial charge on any atom is 0.0384 e. The lowest BCUT2D eigenvalue weighted by molar-refractivity contribution is 1.14. The van der Waals surface area contributed by atoms with Gasteiger partial charge in [0.25, 0.3) is 0 Å². The van der Waals surface area contributed by atoms with E-state index in [9.17, 15) is 0 Å². The molecule has 1 heteroatoms. The van der Waals surface area contributed by atoms with Gasteiger partial charge in [-0.15, -0.1) is 0 Å². The van der Waals surface area contributed by atoms with Gasteiger partial charge in [-0.2, -0.15) is 0 Å². The fraction of sp³-hybridized carbons (Fsp3) is 0.385. The largest absolute Gasteiger partial charge is 0.359 e. The summed E-state index contributed by atoms with van der Waals surface area (Å²) in [7, 11) is 0. The van der Waals surface area contributed by atoms with Gasteiger partial charge < -0.3 is 5.32 Å². The molecule has 0 atom stereocenters. The Bertz CT molecular complexity index is 313. The first-order valence-corrected chi connectivity index (χ1v) is 5.29. The predicted molar refractivity (Wildman–Crippen MR) is 63.5 cm³/mol. The average Bonchev–Trinajstić information content (AvgIpc) is 2.18. The number of hydrogen-bond donors (Lipinski definition) is 1. The number of anilines is 1. The normalized spacial score (nSPS) is 11.5. The molecule has 0 spiro atoms. The molecule has 0 unspecified atom stereocenters. The summed E-state index contributed by atoms with van der Waals surface area (Å²) in [6.45, 7) is 6.42. The summed E-state index contributed by atoms with van der Waals surface area (Å²) in [5.74, 6) is 0. The third kappa shape index (κ3) is 3.25. The summed E-state index contributed by atoms with van der Waals surface area (Å²) in [5, 5.41) is 3.38. The Hall–Kier alpha value is -1.24. The van der Waals surface area contributed by atoms with Crippen molar-refractivity contribution >= 4 is 5.69 Å². The molecular formula is C13H19N. The molecule has 0 aliphatic carbocycles. The molecule has 14 heavy (non-hydrogen) atoms. The smallest absolute Gasteiger partial charge is 0.0384 e. The highest BCUT2D eigenvalue weighted by atomic mass is 14.9. The Labute approximate surface area is 86.8 Å². The maximum atomic E-state index is 3.38. The molecule has 1 rings (SSSR count). The van der Waals surface area contributed by atoms with E-state index < -0.39 is 0 Å². The van der Waals surface area contributed by atoms with Crippen molar-refractivity contribution in [3.05, 3.63) is 41.6 Å². The Kier molecular flexibility index (Phi) is 4.24. The van der Waals surface area contributed by atoms with Crippen LogP contribution in [-0.2, 0) is 6.42 Å². The summed E-state index contributed by atoms with van der Waals surface area (Å²) in [4.78, 5) is 0. The molecule has 0 aliphatic rings. The van der Waals surface area contributed by atoms with E-state index in [1.807, 2.05) is 0 Å². The lowest BCUT2D eigenvalue weighted by Crippen LogP contribution is -1.95. The van der Waals surface area contributed by atoms with E-state index in [0.717, 1.165) is 12.8 Å². The van der Waals surface area contributed by atoms with Crippen molar-refractivity contribution in [3.63, 3.8) is 0 Å². The molecule has 0 fully saturated rings. The van der Waals surface area contributed by atoms with Crippen molar-refractivity contribution in [3.8, 4) is 0 Å². The van der Waals surface area contributed by atoms with Crippen molar-refractivity contribution < 1.29 is 0 Å². The fourth-order valence-electron chi connectivity index (χ4n) is 1.45. The van der Waals surface area contributed by atoms with Crippen LogP contribution in [0.3, 0.4) is 0 Å². The highest BCUT2D eigenvalue weighted by Crippen LogP contribution is 2.13. The van der Waals surface area contributed by atoms with Crippen molar-refractivity contribution in [2.24, 2.45) is 0 Å². The lowest BCUT2D eigenvalue weighted by atomic mass is 10.1. The molecule has 0 heterocycles. The molecule has 0 aromatic heterocycles. The molecule has 0 bridgehead atoms. The van der Waals surface area contributed by atoms with E-state index in [0.29, 0.717) is 0 Å². The van der Waals surface area contributed by atoms with Gasteiger partial charge in [0.05, 0.1) is 0 Å². The van der Waals surface area contributed by atoms with E-state index in [4.69, 9.17) is 0 Å². The number of allylic oxidation sites excluding steroid dienone is 2. The summed E-state index contributed by atoms with van der Waals surface area (Å²) in [6.07, 6.45) is 4.36. The molecule has 0 saturated carbocycles. The number of benzene rings is 1. The van der Waals surface area contributed by atoms with Gasteiger partial charge in [0.2, 0.25) is 0 Å². The Morgan fingerprint density at radius 2 is 2.14 bits per heavy atom. The van der Waals surface area contributed by atoms with E-state index in [1.165, 1.54) is 16.9 Å². The predicted octanol–water partition coefficient (Wildman–Crippen LogP) is 3.97. The summed E-state index contributed by atoms with van der Waals surface area (Å²) in [6, 6.07) is 8.56. The zero-order valence-electron chi connectivity index (χ0n) is 9.30. The van der Waals surface area contributed by atoms with E-state index in [-0.39, 0.29) is 0 Å². The zero-order valence-corrected chi connectivity index (χ0v) is 9.30. The van der Waals surface area contributed by atoms with Crippen LogP contribution in [0.25, 0.3) is 0 Å². The van der Waals surface area contributed by atoms with Crippen molar-refractivity contribution in [2.75, 3.05) is 5.32 Å². The van der Waals surface area contributed by atoms with Crippen LogP contribution in [0.1, 0.15) is 32.8 Å². The number of aryl methyl sites for hydroxylation is 1. The van der Waals surface area contributed by atoms with Gasteiger partial charge in [-0.1, -0.05) is 32.1 Å². The van der Waals surface area contributed by atoms with Gasteiger partial charge in [0.15, 0.2) is 0 Å². The number of rotatable bonds is 4. The summed E-state index contributed by atoms with van der Waals surface area (Å²) in [5.41, 5.74) is 3.78. The van der Waals surface area contributed by atoms with Gasteiger partial charge in [-0.05, 0) is 37.5 Å². The van der Waals surface area contributed by atoms with E-state index in [2.05, 4.69) is 56.4 Å². The molecule has 0 aliphatic heterocycles. The fourth-order valence-corrected chi connectivity index (χ4v) is 1.45. The third-order valence-electron chi connectivity index (χ3n) is 2.19. The third-order valence-corrected chi connectivity index (χ3v) is 2.19. The minimum Gasteiger partial charge on any atom is -0.359 e. The van der Waals surface area contributed by atoms with Gasteiger partial charge in [-0.25, -0.2) is 0 Å². The van der Waals surface area contributed by atoms with Crippen LogP contribution in [0.5, 0.6) is 0 Å². The minimum absolute atomic E-state index is 1.08. The molecule has 0 amide bonds. The SMILES string of the molecule is CCC=C(C)Nc1cccc(CC)c1.